The summed E-state index contributed by atoms with van der Waals surface area (Å²) in [6.45, 7) is 3.30. The Labute approximate surface area is 136 Å². The molecule has 23 heavy (non-hydrogen) atoms. The van der Waals surface area contributed by atoms with Gasteiger partial charge in [0.25, 0.3) is 0 Å². The number of ketones is 1. The number of methoxy groups -OCH3 is 1. The van der Waals surface area contributed by atoms with Crippen molar-refractivity contribution in [2.75, 3.05) is 7.11 Å². The molecule has 0 aliphatic heterocycles. The van der Waals surface area contributed by atoms with Crippen LogP contribution in [0.2, 0.25) is 0 Å². The molecular weight excluding hydrogens is 294 g/mol. The number of ether oxygens (including phenoxy) is 1. The first-order valence-electron chi connectivity index (χ1n) is 7.60. The molecule has 0 fully saturated rings. The Morgan fingerprint density at radius 2 is 1.83 bits per heavy atom. The maximum absolute atomic E-state index is 12.9. The monoisotopic (exact) mass is 317 g/mol. The molecule has 124 valence electrons. The quantitative estimate of drug-likeness (QED) is 0.346. The zero-order valence-corrected chi connectivity index (χ0v) is 13.8. The Morgan fingerprint density at radius 1 is 1.17 bits per heavy atom. The van der Waals surface area contributed by atoms with Crippen LogP contribution in [0.5, 0.6) is 0 Å². The number of hydrogen-bond donors (Lipinski definition) is 1. The molecular formula is C18H23NO4. The number of hydrogen-bond acceptors (Lipinski definition) is 4. The molecule has 0 aliphatic rings. The number of nitrogens with one attached hydrogen (secondary N) is 1. The second kappa shape index (κ2) is 8.88. The van der Waals surface area contributed by atoms with Crippen molar-refractivity contribution in [3.8, 4) is 0 Å². The maximum Gasteiger partial charge on any atom is 0.340 e. The van der Waals surface area contributed by atoms with E-state index in [1.165, 1.54) is 14.0 Å². The van der Waals surface area contributed by atoms with Crippen LogP contribution in [-0.2, 0) is 14.3 Å². The average molecular weight is 317 g/mol. The van der Waals surface area contributed by atoms with Crippen molar-refractivity contribution in [3.63, 3.8) is 0 Å². The average Bonchev–Trinajstić information content (AvgIpc) is 2.56. The van der Waals surface area contributed by atoms with E-state index >= 15 is 0 Å². The summed E-state index contributed by atoms with van der Waals surface area (Å²) in [6.07, 6.45) is 5.45. The van der Waals surface area contributed by atoms with Crippen molar-refractivity contribution < 1.29 is 19.1 Å². The number of rotatable bonds is 8. The Kier molecular flexibility index (Phi) is 7.19. The summed E-state index contributed by atoms with van der Waals surface area (Å²) in [5.41, 5.74) is -1.40. The minimum atomic E-state index is -1.74. The van der Waals surface area contributed by atoms with Crippen LogP contribution in [0.1, 0.15) is 43.5 Å². The lowest BCUT2D eigenvalue weighted by Crippen LogP contribution is -2.60. The lowest BCUT2D eigenvalue weighted by molar-refractivity contribution is -0.148. The first-order valence-corrected chi connectivity index (χ1v) is 7.60. The van der Waals surface area contributed by atoms with Crippen molar-refractivity contribution in [2.45, 2.75) is 38.6 Å². The molecule has 0 bridgehead atoms. The predicted molar refractivity (Wildman–Crippen MR) is 88.0 cm³/mol. The number of carbonyl (C=O) groups is 3. The third-order valence-corrected chi connectivity index (χ3v) is 3.39. The van der Waals surface area contributed by atoms with E-state index in [1.54, 1.807) is 36.4 Å². The molecule has 1 atom stereocenters. The molecule has 1 N–H and O–H groups in total. The zero-order chi connectivity index (χ0) is 17.3. The highest BCUT2D eigenvalue weighted by atomic mass is 16.5. The number of carbonyl (C=O) groups excluding carboxylic acids is 3. The highest BCUT2D eigenvalue weighted by Gasteiger charge is 2.47. The Morgan fingerprint density at radius 3 is 2.35 bits per heavy atom. The standard InChI is InChI=1S/C18H23NO4/c1-4-5-6-10-13-18(17(22)23-3,19-14(2)20)16(21)15-11-8-7-9-12-15/h6-12H,4-5,13H2,1-3H3,(H,19,20)/b10-6+/t18-/m1/s1. The molecule has 0 spiro atoms. The van der Waals surface area contributed by atoms with Crippen molar-refractivity contribution in [1.29, 1.82) is 0 Å². The second-order valence-electron chi connectivity index (χ2n) is 5.24. The normalized spacial score (nSPS) is 13.3. The molecule has 0 heterocycles. The van der Waals surface area contributed by atoms with Crippen LogP contribution in [0.4, 0.5) is 0 Å². The van der Waals surface area contributed by atoms with Gasteiger partial charge < -0.3 is 10.1 Å². The number of allylic oxidation sites excluding steroid dienone is 1. The van der Waals surface area contributed by atoms with Gasteiger partial charge in [-0.05, 0) is 6.42 Å². The van der Waals surface area contributed by atoms with Crippen LogP contribution in [0, 0.1) is 0 Å². The van der Waals surface area contributed by atoms with E-state index in [0.717, 1.165) is 12.8 Å². The number of Topliss-reactive ketones (excluding diaryl/α,β-unsaturated/α-hetero) is 1. The van der Waals surface area contributed by atoms with E-state index in [4.69, 9.17) is 4.74 Å². The van der Waals surface area contributed by atoms with Gasteiger partial charge in [0.05, 0.1) is 7.11 Å². The highest BCUT2D eigenvalue weighted by Crippen LogP contribution is 2.21. The van der Waals surface area contributed by atoms with Crippen molar-refractivity contribution in [2.24, 2.45) is 0 Å². The molecule has 0 saturated carbocycles. The van der Waals surface area contributed by atoms with Gasteiger partial charge in [-0.15, -0.1) is 0 Å². The van der Waals surface area contributed by atoms with Crippen molar-refractivity contribution >= 4 is 17.7 Å². The SMILES string of the molecule is CCC/C=C/C[C@](NC(C)=O)(C(=O)OC)C(=O)c1ccccc1. The highest BCUT2D eigenvalue weighted by molar-refractivity contribution is 6.18. The maximum atomic E-state index is 12.9. The van der Waals surface area contributed by atoms with Gasteiger partial charge in [-0.25, -0.2) is 4.79 Å². The van der Waals surface area contributed by atoms with Gasteiger partial charge in [-0.2, -0.15) is 0 Å². The first-order chi connectivity index (χ1) is 11.0. The summed E-state index contributed by atoms with van der Waals surface area (Å²) < 4.78 is 4.81. The van der Waals surface area contributed by atoms with Crippen LogP contribution in [0.25, 0.3) is 0 Å². The lowest BCUT2D eigenvalue weighted by atomic mass is 9.85. The third-order valence-electron chi connectivity index (χ3n) is 3.39. The van der Waals surface area contributed by atoms with Gasteiger partial charge in [0.1, 0.15) is 0 Å². The fraction of sp³-hybridized carbons (Fsp3) is 0.389. The molecule has 0 aliphatic carbocycles. The second-order valence-corrected chi connectivity index (χ2v) is 5.24. The Hall–Kier alpha value is -2.43. The van der Waals surface area contributed by atoms with E-state index in [1.807, 2.05) is 13.0 Å². The summed E-state index contributed by atoms with van der Waals surface area (Å²) in [5.74, 6) is -1.73. The summed E-state index contributed by atoms with van der Waals surface area (Å²) in [7, 11) is 1.20. The fourth-order valence-corrected chi connectivity index (χ4v) is 2.28. The summed E-state index contributed by atoms with van der Waals surface area (Å²) in [5, 5.41) is 2.50. The van der Waals surface area contributed by atoms with E-state index < -0.39 is 23.2 Å². The summed E-state index contributed by atoms with van der Waals surface area (Å²) >= 11 is 0. The third kappa shape index (κ3) is 4.77. The van der Waals surface area contributed by atoms with Gasteiger partial charge in [-0.1, -0.05) is 55.8 Å². The van der Waals surface area contributed by atoms with E-state index in [-0.39, 0.29) is 6.42 Å². The van der Waals surface area contributed by atoms with Crippen molar-refractivity contribution in [3.05, 3.63) is 48.0 Å². The Balaban J connectivity index is 3.27. The lowest BCUT2D eigenvalue weighted by Gasteiger charge is -2.29. The smallest absolute Gasteiger partial charge is 0.340 e. The summed E-state index contributed by atoms with van der Waals surface area (Å²) in [6, 6.07) is 8.40. The van der Waals surface area contributed by atoms with Crippen LogP contribution in [0.3, 0.4) is 0 Å². The molecule has 1 aromatic rings. The van der Waals surface area contributed by atoms with Crippen LogP contribution in [0.15, 0.2) is 42.5 Å². The van der Waals surface area contributed by atoms with Crippen LogP contribution >= 0.6 is 0 Å². The molecule has 5 nitrogen and oxygen atoms in total. The molecule has 5 heteroatoms. The number of esters is 1. The molecule has 0 saturated heterocycles. The minimum Gasteiger partial charge on any atom is -0.467 e. The zero-order valence-electron chi connectivity index (χ0n) is 13.8. The van der Waals surface area contributed by atoms with Crippen LogP contribution in [-0.4, -0.2) is 30.3 Å². The van der Waals surface area contributed by atoms with E-state index in [9.17, 15) is 14.4 Å². The summed E-state index contributed by atoms with van der Waals surface area (Å²) in [4.78, 5) is 36.9. The molecule has 1 amide bonds. The van der Waals surface area contributed by atoms with Gasteiger partial charge in [0, 0.05) is 18.9 Å². The van der Waals surface area contributed by atoms with Gasteiger partial charge in [0.2, 0.25) is 11.4 Å². The number of amides is 1. The largest absolute Gasteiger partial charge is 0.467 e. The Bertz CT molecular complexity index is 580. The van der Waals surface area contributed by atoms with E-state index in [2.05, 4.69) is 5.32 Å². The number of benzene rings is 1. The van der Waals surface area contributed by atoms with E-state index in [0.29, 0.717) is 5.56 Å². The fourth-order valence-electron chi connectivity index (χ4n) is 2.28. The van der Waals surface area contributed by atoms with Crippen LogP contribution < -0.4 is 5.32 Å². The first kappa shape index (κ1) is 18.6. The molecule has 0 aromatic heterocycles. The molecule has 0 unspecified atom stereocenters. The van der Waals surface area contributed by atoms with Gasteiger partial charge in [-0.3, -0.25) is 9.59 Å². The molecule has 1 rings (SSSR count). The number of unbranched alkanes of at least 4 members (excludes halogenated alkanes) is 1. The van der Waals surface area contributed by atoms with Crippen molar-refractivity contribution in [1.82, 2.24) is 5.32 Å². The topological polar surface area (TPSA) is 72.5 Å². The van der Waals surface area contributed by atoms with Gasteiger partial charge in [0.15, 0.2) is 5.78 Å². The molecule has 0 radical (unpaired) electrons. The minimum absolute atomic E-state index is 0.0486. The van der Waals surface area contributed by atoms with Gasteiger partial charge >= 0.3 is 5.97 Å². The predicted octanol–water partition coefficient (Wildman–Crippen LogP) is 2.66. The molecule has 1 aromatic carbocycles.